The molecule has 0 aromatic carbocycles. The second kappa shape index (κ2) is 4.59. The first kappa shape index (κ1) is 13.9. The second-order valence-corrected chi connectivity index (χ2v) is 8.83. The summed E-state index contributed by atoms with van der Waals surface area (Å²) < 4.78 is 47.0. The largest absolute Gasteiger partial charge is 0.328 e. The number of hydrogen-bond donors (Lipinski definition) is 1. The van der Waals surface area contributed by atoms with Gasteiger partial charge in [0.15, 0.2) is 14.9 Å². The predicted octanol–water partition coefficient (Wildman–Crippen LogP) is -0.870. The van der Waals surface area contributed by atoms with Gasteiger partial charge >= 0.3 is 0 Å². The molecule has 1 fully saturated rings. The maximum Gasteiger partial charge on any atom is 0.228 e. The van der Waals surface area contributed by atoms with Crippen molar-refractivity contribution in [3.05, 3.63) is 0 Å². The number of sulfone groups is 1. The van der Waals surface area contributed by atoms with Crippen LogP contribution in [0.1, 0.15) is 19.8 Å². The smallest absolute Gasteiger partial charge is 0.228 e. The molecule has 8 heteroatoms. The normalized spacial score (nSPS) is 29.2. The summed E-state index contributed by atoms with van der Waals surface area (Å²) in [5.74, 6) is 0. The number of nitrogens with two attached hydrogens (primary N) is 1. The summed E-state index contributed by atoms with van der Waals surface area (Å²) in [4.78, 5) is 0. The predicted molar refractivity (Wildman–Crippen MR) is 62.0 cm³/mol. The maximum absolute atomic E-state index is 11.8. The quantitative estimate of drug-likeness (QED) is 0.719. The molecule has 2 N–H and O–H groups in total. The number of piperidine rings is 1. The molecule has 1 saturated heterocycles. The van der Waals surface area contributed by atoms with Crippen LogP contribution < -0.4 is 5.73 Å². The number of hydrogen-bond acceptors (Lipinski definition) is 5. The summed E-state index contributed by atoms with van der Waals surface area (Å²) in [7, 11) is -7.25. The third-order valence-electron chi connectivity index (χ3n) is 2.58. The number of nitrogens with zero attached hydrogens (tertiary/aromatic N) is 1. The van der Waals surface area contributed by atoms with Gasteiger partial charge in [-0.3, -0.25) is 0 Å². The SMILES string of the molecule is CC1CC(N)CCN1S(=O)(=O)CS(C)(=O)=O. The average Bonchev–Trinajstić information content (AvgIpc) is 1.97. The highest BCUT2D eigenvalue weighted by Gasteiger charge is 2.34. The molecule has 0 saturated carbocycles. The summed E-state index contributed by atoms with van der Waals surface area (Å²) in [6.07, 6.45) is 2.07. The van der Waals surface area contributed by atoms with Crippen LogP contribution >= 0.6 is 0 Å². The van der Waals surface area contributed by atoms with Crippen molar-refractivity contribution in [2.24, 2.45) is 5.73 Å². The van der Waals surface area contributed by atoms with Gasteiger partial charge in [0.05, 0.1) is 0 Å². The van der Waals surface area contributed by atoms with Gasteiger partial charge in [0.2, 0.25) is 10.0 Å². The fourth-order valence-corrected chi connectivity index (χ4v) is 5.66. The lowest BCUT2D eigenvalue weighted by atomic mass is 10.0. The van der Waals surface area contributed by atoms with Crippen LogP contribution in [0.3, 0.4) is 0 Å². The zero-order valence-corrected chi connectivity index (χ0v) is 11.1. The summed E-state index contributed by atoms with van der Waals surface area (Å²) in [5, 5.41) is -0.820. The lowest BCUT2D eigenvalue weighted by Gasteiger charge is -2.34. The summed E-state index contributed by atoms with van der Waals surface area (Å²) in [5.41, 5.74) is 5.72. The fraction of sp³-hybridized carbons (Fsp3) is 1.00. The lowest BCUT2D eigenvalue weighted by molar-refractivity contribution is 0.248. The molecule has 0 aromatic rings. The molecular formula is C8H18N2O4S2. The summed E-state index contributed by atoms with van der Waals surface area (Å²) in [6.45, 7) is 2.05. The van der Waals surface area contributed by atoms with Crippen molar-refractivity contribution in [2.45, 2.75) is 31.8 Å². The van der Waals surface area contributed by atoms with Gasteiger partial charge in [-0.1, -0.05) is 0 Å². The van der Waals surface area contributed by atoms with Crippen LogP contribution in [0.15, 0.2) is 0 Å². The number of rotatable bonds is 3. The van der Waals surface area contributed by atoms with Gasteiger partial charge in [0, 0.05) is 24.9 Å². The highest BCUT2D eigenvalue weighted by Crippen LogP contribution is 2.20. The Kier molecular flexibility index (Phi) is 3.99. The standard InChI is InChI=1S/C8H18N2O4S2/c1-7-5-8(9)3-4-10(7)16(13,14)6-15(2,11)12/h7-8H,3-6,9H2,1-2H3. The van der Waals surface area contributed by atoms with Crippen molar-refractivity contribution < 1.29 is 16.8 Å². The first-order valence-electron chi connectivity index (χ1n) is 5.04. The molecule has 2 atom stereocenters. The molecule has 0 spiro atoms. The molecule has 0 aliphatic carbocycles. The molecule has 0 aromatic heterocycles. The van der Waals surface area contributed by atoms with Gasteiger partial charge in [-0.2, -0.15) is 4.31 Å². The van der Waals surface area contributed by atoms with Crippen molar-refractivity contribution in [1.82, 2.24) is 4.31 Å². The monoisotopic (exact) mass is 270 g/mol. The summed E-state index contributed by atoms with van der Waals surface area (Å²) in [6, 6.07) is -0.227. The minimum atomic E-state index is -3.72. The Labute approximate surface area is 96.8 Å². The Bertz CT molecular complexity index is 443. The second-order valence-electron chi connectivity index (χ2n) is 4.40. The molecule has 1 rings (SSSR count). The van der Waals surface area contributed by atoms with E-state index >= 15 is 0 Å². The highest BCUT2D eigenvalue weighted by molar-refractivity contribution is 8.06. The molecule has 0 amide bonds. The molecule has 1 heterocycles. The van der Waals surface area contributed by atoms with Crippen molar-refractivity contribution in [2.75, 3.05) is 17.9 Å². The molecular weight excluding hydrogens is 252 g/mol. The average molecular weight is 270 g/mol. The van der Waals surface area contributed by atoms with E-state index in [0.29, 0.717) is 19.4 Å². The van der Waals surface area contributed by atoms with Crippen LogP contribution in [0.25, 0.3) is 0 Å². The van der Waals surface area contributed by atoms with Crippen LogP contribution in [0.5, 0.6) is 0 Å². The van der Waals surface area contributed by atoms with E-state index < -0.39 is 24.9 Å². The third kappa shape index (κ3) is 3.69. The maximum atomic E-state index is 11.8. The van der Waals surface area contributed by atoms with Crippen molar-refractivity contribution >= 4 is 19.9 Å². The molecule has 96 valence electrons. The van der Waals surface area contributed by atoms with Crippen LogP contribution in [-0.2, 0) is 19.9 Å². The van der Waals surface area contributed by atoms with Crippen molar-refractivity contribution in [1.29, 1.82) is 0 Å². The Morgan fingerprint density at radius 2 is 1.88 bits per heavy atom. The molecule has 2 unspecified atom stereocenters. The van der Waals surface area contributed by atoms with E-state index in [2.05, 4.69) is 0 Å². The minimum Gasteiger partial charge on any atom is -0.328 e. The molecule has 0 bridgehead atoms. The van der Waals surface area contributed by atoms with E-state index in [0.717, 1.165) is 6.26 Å². The lowest BCUT2D eigenvalue weighted by Crippen LogP contribution is -2.49. The zero-order chi connectivity index (χ0) is 12.6. The van der Waals surface area contributed by atoms with E-state index in [4.69, 9.17) is 5.73 Å². The highest BCUT2D eigenvalue weighted by atomic mass is 32.3. The van der Waals surface area contributed by atoms with Gasteiger partial charge in [0.1, 0.15) is 0 Å². The van der Waals surface area contributed by atoms with E-state index in [1.54, 1.807) is 6.92 Å². The first-order chi connectivity index (χ1) is 7.12. The van der Waals surface area contributed by atoms with Gasteiger partial charge in [0.25, 0.3) is 0 Å². The van der Waals surface area contributed by atoms with Crippen LogP contribution in [0, 0.1) is 0 Å². The molecule has 1 aliphatic heterocycles. The van der Waals surface area contributed by atoms with Crippen molar-refractivity contribution in [3.8, 4) is 0 Å². The molecule has 0 radical (unpaired) electrons. The first-order valence-corrected chi connectivity index (χ1v) is 8.71. The van der Waals surface area contributed by atoms with Crippen LogP contribution in [0.4, 0.5) is 0 Å². The van der Waals surface area contributed by atoms with Crippen molar-refractivity contribution in [3.63, 3.8) is 0 Å². The third-order valence-corrected chi connectivity index (χ3v) is 6.74. The van der Waals surface area contributed by atoms with Gasteiger partial charge in [-0.15, -0.1) is 0 Å². The van der Waals surface area contributed by atoms with Gasteiger partial charge in [-0.25, -0.2) is 16.8 Å². The Morgan fingerprint density at radius 3 is 2.31 bits per heavy atom. The van der Waals surface area contributed by atoms with E-state index in [9.17, 15) is 16.8 Å². The molecule has 16 heavy (non-hydrogen) atoms. The Hall–Kier alpha value is -0.180. The Balaban J connectivity index is 2.85. The van der Waals surface area contributed by atoms with Gasteiger partial charge < -0.3 is 5.73 Å². The fourth-order valence-electron chi connectivity index (χ4n) is 1.94. The van der Waals surface area contributed by atoms with E-state index in [1.165, 1.54) is 4.31 Å². The Morgan fingerprint density at radius 1 is 1.31 bits per heavy atom. The summed E-state index contributed by atoms with van der Waals surface area (Å²) >= 11 is 0. The van der Waals surface area contributed by atoms with Gasteiger partial charge in [-0.05, 0) is 19.8 Å². The molecule has 1 aliphatic rings. The minimum absolute atomic E-state index is 0.000293. The van der Waals surface area contributed by atoms with E-state index in [-0.39, 0.29) is 12.1 Å². The van der Waals surface area contributed by atoms with E-state index in [1.807, 2.05) is 0 Å². The van der Waals surface area contributed by atoms with Crippen LogP contribution in [0.2, 0.25) is 0 Å². The topological polar surface area (TPSA) is 97.5 Å². The molecule has 6 nitrogen and oxygen atoms in total. The van der Waals surface area contributed by atoms with Crippen LogP contribution in [-0.4, -0.2) is 51.1 Å². The zero-order valence-electron chi connectivity index (χ0n) is 9.46. The number of sulfonamides is 1.